The Labute approximate surface area is 110 Å². The van der Waals surface area contributed by atoms with Gasteiger partial charge in [-0.3, -0.25) is 9.59 Å². The molecule has 0 spiro atoms. The summed E-state index contributed by atoms with van der Waals surface area (Å²) in [6, 6.07) is 5.23. The fourth-order valence-electron chi connectivity index (χ4n) is 2.47. The highest BCUT2D eigenvalue weighted by atomic mass is 16.5. The molecule has 1 aliphatic heterocycles. The number of benzene rings is 1. The molecule has 0 saturated heterocycles. The molecule has 1 amide bonds. The topological polar surface area (TPSA) is 75.6 Å². The van der Waals surface area contributed by atoms with Gasteiger partial charge in [-0.25, -0.2) is 0 Å². The number of anilines is 1. The Morgan fingerprint density at radius 1 is 1.47 bits per heavy atom. The number of carboxylic acids is 1. The van der Waals surface area contributed by atoms with Crippen LogP contribution in [0.3, 0.4) is 0 Å². The Morgan fingerprint density at radius 2 is 2.21 bits per heavy atom. The number of fused-ring (bicyclic) bond motifs is 1. The van der Waals surface area contributed by atoms with E-state index in [0.29, 0.717) is 11.4 Å². The molecule has 1 heterocycles. The Bertz CT molecular complexity index is 550. The van der Waals surface area contributed by atoms with Crippen LogP contribution in [0.4, 0.5) is 5.69 Å². The predicted molar refractivity (Wildman–Crippen MR) is 68.3 cm³/mol. The lowest BCUT2D eigenvalue weighted by molar-refractivity contribution is -0.139. The van der Waals surface area contributed by atoms with Gasteiger partial charge >= 0.3 is 5.97 Å². The van der Waals surface area contributed by atoms with Crippen molar-refractivity contribution in [1.82, 2.24) is 0 Å². The van der Waals surface area contributed by atoms with Crippen LogP contribution in [0.5, 0.6) is 5.75 Å². The molecule has 1 fully saturated rings. The van der Waals surface area contributed by atoms with Gasteiger partial charge in [0.05, 0.1) is 11.6 Å². The van der Waals surface area contributed by atoms with Crippen LogP contribution in [-0.2, 0) is 9.59 Å². The summed E-state index contributed by atoms with van der Waals surface area (Å²) in [7, 11) is 0. The zero-order valence-corrected chi connectivity index (χ0v) is 10.6. The minimum Gasteiger partial charge on any atom is -0.481 e. The van der Waals surface area contributed by atoms with Crippen LogP contribution in [0.15, 0.2) is 18.2 Å². The second-order valence-corrected chi connectivity index (χ2v) is 5.16. The first-order chi connectivity index (χ1) is 9.06. The summed E-state index contributed by atoms with van der Waals surface area (Å²) in [5.74, 6) is -0.686. The van der Waals surface area contributed by atoms with Gasteiger partial charge in [0.25, 0.3) is 5.91 Å². The third kappa shape index (κ3) is 2.16. The van der Waals surface area contributed by atoms with Gasteiger partial charge in [-0.05, 0) is 43.4 Å². The molecule has 100 valence electrons. The summed E-state index contributed by atoms with van der Waals surface area (Å²) in [6.07, 6.45) is 1.39. The smallest absolute Gasteiger partial charge is 0.311 e. The minimum atomic E-state index is -0.807. The van der Waals surface area contributed by atoms with Crippen molar-refractivity contribution in [3.8, 4) is 5.75 Å². The van der Waals surface area contributed by atoms with Crippen molar-refractivity contribution in [3.05, 3.63) is 23.8 Å². The average molecular weight is 261 g/mol. The number of carbonyl (C=O) groups excluding carboxylic acids is 1. The lowest BCUT2D eigenvalue weighted by Gasteiger charge is -2.24. The molecular weight excluding hydrogens is 246 g/mol. The fraction of sp³-hybridized carbons (Fsp3) is 0.429. The molecule has 0 aromatic heterocycles. The van der Waals surface area contributed by atoms with Crippen molar-refractivity contribution in [2.75, 3.05) is 5.32 Å². The number of rotatable bonds is 3. The molecule has 3 rings (SSSR count). The first-order valence-corrected chi connectivity index (χ1v) is 6.40. The van der Waals surface area contributed by atoms with Crippen LogP contribution in [0.25, 0.3) is 0 Å². The number of hydrogen-bond donors (Lipinski definition) is 2. The number of amides is 1. The van der Waals surface area contributed by atoms with Gasteiger partial charge in [-0.15, -0.1) is 0 Å². The maximum Gasteiger partial charge on any atom is 0.311 e. The summed E-state index contributed by atoms with van der Waals surface area (Å²) < 4.78 is 5.46. The van der Waals surface area contributed by atoms with Crippen LogP contribution < -0.4 is 10.1 Å². The van der Waals surface area contributed by atoms with Crippen molar-refractivity contribution < 1.29 is 19.4 Å². The Hall–Kier alpha value is -2.04. The third-order valence-corrected chi connectivity index (χ3v) is 3.65. The highest BCUT2D eigenvalue weighted by Crippen LogP contribution is 2.44. The van der Waals surface area contributed by atoms with Gasteiger partial charge < -0.3 is 15.2 Å². The van der Waals surface area contributed by atoms with Gasteiger partial charge in [-0.2, -0.15) is 0 Å². The van der Waals surface area contributed by atoms with Crippen LogP contribution in [0, 0.1) is 5.92 Å². The van der Waals surface area contributed by atoms with Crippen molar-refractivity contribution in [2.24, 2.45) is 5.92 Å². The second-order valence-electron chi connectivity index (χ2n) is 5.16. The molecule has 2 aliphatic rings. The van der Waals surface area contributed by atoms with E-state index < -0.39 is 18.0 Å². The Morgan fingerprint density at radius 3 is 2.84 bits per heavy atom. The van der Waals surface area contributed by atoms with E-state index in [-0.39, 0.29) is 11.8 Å². The van der Waals surface area contributed by atoms with Crippen LogP contribution in [0.2, 0.25) is 0 Å². The Balaban J connectivity index is 1.94. The van der Waals surface area contributed by atoms with E-state index in [4.69, 9.17) is 4.74 Å². The van der Waals surface area contributed by atoms with Crippen LogP contribution in [0.1, 0.15) is 31.2 Å². The largest absolute Gasteiger partial charge is 0.481 e. The van der Waals surface area contributed by atoms with Gasteiger partial charge in [0.2, 0.25) is 0 Å². The molecule has 1 aromatic carbocycles. The van der Waals surface area contributed by atoms with E-state index in [1.165, 1.54) is 0 Å². The van der Waals surface area contributed by atoms with Gasteiger partial charge in [0, 0.05) is 0 Å². The molecule has 5 nitrogen and oxygen atoms in total. The molecular formula is C14H15NO4. The van der Waals surface area contributed by atoms with E-state index in [1.807, 2.05) is 0 Å². The standard InChI is InChI=1S/C14H15NO4/c1-7-13(16)15-10-6-9(4-5-11(10)19-7)12(14(17)18)8-2-3-8/h4-8,12H,2-3H2,1H3,(H,15,16)(H,17,18). The molecule has 19 heavy (non-hydrogen) atoms. The van der Waals surface area contributed by atoms with E-state index in [0.717, 1.165) is 18.4 Å². The summed E-state index contributed by atoms with van der Waals surface area (Å²) in [5, 5.41) is 12.1. The Kier molecular flexibility index (Phi) is 2.69. The van der Waals surface area contributed by atoms with Crippen LogP contribution in [-0.4, -0.2) is 23.1 Å². The third-order valence-electron chi connectivity index (χ3n) is 3.65. The van der Waals surface area contributed by atoms with Crippen molar-refractivity contribution >= 4 is 17.6 Å². The number of carboxylic acid groups (broad SMARTS) is 1. The monoisotopic (exact) mass is 261 g/mol. The number of aliphatic carboxylic acids is 1. The number of carbonyl (C=O) groups is 2. The first kappa shape index (κ1) is 12.0. The molecule has 1 saturated carbocycles. The highest BCUT2D eigenvalue weighted by molar-refractivity contribution is 5.97. The lowest BCUT2D eigenvalue weighted by atomic mass is 9.93. The second kappa shape index (κ2) is 4.26. The number of hydrogen-bond acceptors (Lipinski definition) is 3. The highest BCUT2D eigenvalue weighted by Gasteiger charge is 2.38. The number of ether oxygens (including phenoxy) is 1. The zero-order valence-electron chi connectivity index (χ0n) is 10.6. The van der Waals surface area contributed by atoms with Gasteiger partial charge in [-0.1, -0.05) is 6.07 Å². The summed E-state index contributed by atoms with van der Waals surface area (Å²) in [5.41, 5.74) is 1.29. The normalized spacial score (nSPS) is 23.0. The zero-order chi connectivity index (χ0) is 13.6. The molecule has 0 bridgehead atoms. The summed E-state index contributed by atoms with van der Waals surface area (Å²) in [4.78, 5) is 22.9. The molecule has 1 aliphatic carbocycles. The first-order valence-electron chi connectivity index (χ1n) is 6.40. The number of nitrogens with one attached hydrogen (secondary N) is 1. The quantitative estimate of drug-likeness (QED) is 0.872. The van der Waals surface area contributed by atoms with E-state index in [2.05, 4.69) is 5.32 Å². The molecule has 2 N–H and O–H groups in total. The predicted octanol–water partition coefficient (Wildman–Crippen LogP) is 1.98. The SMILES string of the molecule is CC1Oc2ccc(C(C(=O)O)C3CC3)cc2NC1=O. The summed E-state index contributed by atoms with van der Waals surface area (Å²) in [6.45, 7) is 1.68. The van der Waals surface area contributed by atoms with E-state index in [1.54, 1.807) is 25.1 Å². The molecule has 2 atom stereocenters. The average Bonchev–Trinajstić information content (AvgIpc) is 3.15. The maximum absolute atomic E-state index is 11.6. The molecule has 2 unspecified atom stereocenters. The van der Waals surface area contributed by atoms with Crippen molar-refractivity contribution in [1.29, 1.82) is 0 Å². The van der Waals surface area contributed by atoms with E-state index >= 15 is 0 Å². The molecule has 0 radical (unpaired) electrons. The molecule has 1 aromatic rings. The maximum atomic E-state index is 11.6. The van der Waals surface area contributed by atoms with Gasteiger partial charge in [0.15, 0.2) is 6.10 Å². The molecule has 5 heteroatoms. The van der Waals surface area contributed by atoms with Crippen molar-refractivity contribution in [3.63, 3.8) is 0 Å². The lowest BCUT2D eigenvalue weighted by Crippen LogP contribution is -2.34. The van der Waals surface area contributed by atoms with Gasteiger partial charge in [0.1, 0.15) is 5.75 Å². The van der Waals surface area contributed by atoms with Crippen molar-refractivity contribution in [2.45, 2.75) is 31.8 Å². The summed E-state index contributed by atoms with van der Waals surface area (Å²) >= 11 is 0. The van der Waals surface area contributed by atoms with E-state index in [9.17, 15) is 14.7 Å². The van der Waals surface area contributed by atoms with Crippen LogP contribution >= 0.6 is 0 Å². The minimum absolute atomic E-state index is 0.206. The fourth-order valence-corrected chi connectivity index (χ4v) is 2.47.